The van der Waals surface area contributed by atoms with Crippen LogP contribution in [0.1, 0.15) is 12.5 Å². The number of imidazole rings is 2. The van der Waals surface area contributed by atoms with E-state index >= 15 is 0 Å². The van der Waals surface area contributed by atoms with E-state index in [1.165, 1.54) is 17.8 Å². The predicted molar refractivity (Wildman–Crippen MR) is 92.2 cm³/mol. The molecule has 4 rings (SSSR count). The zero-order chi connectivity index (χ0) is 17.2. The summed E-state index contributed by atoms with van der Waals surface area (Å²) in [5.41, 5.74) is 3.70. The topological polar surface area (TPSA) is 72.3 Å². The highest BCUT2D eigenvalue weighted by molar-refractivity contribution is 5.73. The van der Waals surface area contributed by atoms with E-state index in [1.54, 1.807) is 24.8 Å². The van der Waals surface area contributed by atoms with Gasteiger partial charge in [0, 0.05) is 36.9 Å². The molecule has 1 atom stereocenters. The molecule has 0 radical (unpaired) electrons. The molecular weight excluding hydrogens is 319 g/mol. The molecule has 4 aromatic rings. The molecule has 0 spiro atoms. The standard InChI is InChI=1S/C18H17FN6/c1-12(8-13-4-5-20-17-16(13)23-11-24-17)10-25-7-6-21-18(25)14-2-3-15(19)22-9-14/h2-7,9,11-12H,8,10H2,1H3,(H,20,23,24). The number of pyridine rings is 2. The van der Waals surface area contributed by atoms with Gasteiger partial charge in [-0.3, -0.25) is 0 Å². The first-order chi connectivity index (χ1) is 12.2. The van der Waals surface area contributed by atoms with Gasteiger partial charge in [0.2, 0.25) is 5.95 Å². The Morgan fingerprint density at radius 3 is 2.88 bits per heavy atom. The Morgan fingerprint density at radius 2 is 2.04 bits per heavy atom. The van der Waals surface area contributed by atoms with Gasteiger partial charge in [-0.2, -0.15) is 4.39 Å². The summed E-state index contributed by atoms with van der Waals surface area (Å²) in [6.07, 6.45) is 9.55. The van der Waals surface area contributed by atoms with Crippen LogP contribution in [-0.2, 0) is 13.0 Å². The average Bonchev–Trinajstić information content (AvgIpc) is 3.25. The third-order valence-corrected chi connectivity index (χ3v) is 4.18. The van der Waals surface area contributed by atoms with E-state index in [1.807, 2.05) is 12.3 Å². The van der Waals surface area contributed by atoms with E-state index in [0.717, 1.165) is 35.5 Å². The van der Waals surface area contributed by atoms with Crippen LogP contribution in [0.4, 0.5) is 4.39 Å². The minimum atomic E-state index is -0.490. The maximum absolute atomic E-state index is 13.0. The summed E-state index contributed by atoms with van der Waals surface area (Å²) >= 11 is 0. The maximum atomic E-state index is 13.0. The van der Waals surface area contributed by atoms with Crippen molar-refractivity contribution in [3.05, 3.63) is 60.8 Å². The fraction of sp³-hybridized carbons (Fsp3) is 0.222. The van der Waals surface area contributed by atoms with Crippen molar-refractivity contribution >= 4 is 11.2 Å². The predicted octanol–water partition coefficient (Wildman–Crippen LogP) is 3.23. The molecule has 1 N–H and O–H groups in total. The van der Waals surface area contributed by atoms with E-state index in [0.29, 0.717) is 5.92 Å². The summed E-state index contributed by atoms with van der Waals surface area (Å²) in [6.45, 7) is 2.98. The quantitative estimate of drug-likeness (QED) is 0.568. The summed E-state index contributed by atoms with van der Waals surface area (Å²) in [5.74, 6) is 0.665. The number of hydrogen-bond donors (Lipinski definition) is 1. The van der Waals surface area contributed by atoms with Gasteiger partial charge >= 0.3 is 0 Å². The lowest BCUT2D eigenvalue weighted by molar-refractivity contribution is 0.483. The zero-order valence-corrected chi connectivity index (χ0v) is 13.7. The van der Waals surface area contributed by atoms with E-state index in [4.69, 9.17) is 0 Å². The first-order valence-corrected chi connectivity index (χ1v) is 8.11. The Balaban J connectivity index is 1.54. The fourth-order valence-electron chi connectivity index (χ4n) is 3.07. The van der Waals surface area contributed by atoms with Gasteiger partial charge in [-0.1, -0.05) is 6.92 Å². The van der Waals surface area contributed by atoms with E-state index in [9.17, 15) is 4.39 Å². The molecule has 6 nitrogen and oxygen atoms in total. The van der Waals surface area contributed by atoms with Gasteiger partial charge in [0.15, 0.2) is 5.65 Å². The summed E-state index contributed by atoms with van der Waals surface area (Å²) < 4.78 is 15.1. The Hall–Kier alpha value is -3.09. The van der Waals surface area contributed by atoms with Crippen molar-refractivity contribution in [2.45, 2.75) is 19.9 Å². The largest absolute Gasteiger partial charge is 0.331 e. The Labute approximate surface area is 143 Å². The number of fused-ring (bicyclic) bond motifs is 1. The molecule has 0 bridgehead atoms. The van der Waals surface area contributed by atoms with Crippen molar-refractivity contribution in [2.24, 2.45) is 5.92 Å². The van der Waals surface area contributed by atoms with Crippen LogP contribution < -0.4 is 0 Å². The van der Waals surface area contributed by atoms with E-state index < -0.39 is 5.95 Å². The van der Waals surface area contributed by atoms with Crippen molar-refractivity contribution in [3.8, 4) is 11.4 Å². The van der Waals surface area contributed by atoms with Crippen molar-refractivity contribution in [1.82, 2.24) is 29.5 Å². The van der Waals surface area contributed by atoms with Gasteiger partial charge in [0.1, 0.15) is 11.3 Å². The van der Waals surface area contributed by atoms with E-state index in [2.05, 4.69) is 36.4 Å². The molecule has 0 amide bonds. The molecule has 0 aliphatic carbocycles. The zero-order valence-electron chi connectivity index (χ0n) is 13.7. The third kappa shape index (κ3) is 3.13. The lowest BCUT2D eigenvalue weighted by Crippen LogP contribution is -2.11. The molecule has 0 aromatic carbocycles. The van der Waals surface area contributed by atoms with Crippen molar-refractivity contribution < 1.29 is 4.39 Å². The number of H-pyrrole nitrogens is 1. The van der Waals surface area contributed by atoms with Crippen LogP contribution in [0.15, 0.2) is 49.3 Å². The average molecular weight is 336 g/mol. The Kier molecular flexibility index (Phi) is 3.97. The molecule has 25 heavy (non-hydrogen) atoms. The molecule has 0 fully saturated rings. The summed E-state index contributed by atoms with van der Waals surface area (Å²) in [6, 6.07) is 5.06. The van der Waals surface area contributed by atoms with Gasteiger partial charge in [0.05, 0.1) is 6.33 Å². The second-order valence-corrected chi connectivity index (χ2v) is 6.15. The number of aromatic amines is 1. The van der Waals surface area contributed by atoms with Crippen LogP contribution in [0.2, 0.25) is 0 Å². The molecule has 0 aliphatic rings. The number of aromatic nitrogens is 6. The molecule has 0 aliphatic heterocycles. The molecule has 1 unspecified atom stereocenters. The van der Waals surface area contributed by atoms with Crippen molar-refractivity contribution in [2.75, 3.05) is 0 Å². The molecular formula is C18H17FN6. The summed E-state index contributed by atoms with van der Waals surface area (Å²) in [5, 5.41) is 0. The van der Waals surface area contributed by atoms with Crippen LogP contribution in [0.5, 0.6) is 0 Å². The molecule has 4 heterocycles. The molecule has 126 valence electrons. The van der Waals surface area contributed by atoms with Crippen LogP contribution in [0, 0.1) is 11.9 Å². The lowest BCUT2D eigenvalue weighted by atomic mass is 10.0. The second kappa shape index (κ2) is 6.43. The highest BCUT2D eigenvalue weighted by atomic mass is 19.1. The van der Waals surface area contributed by atoms with Gasteiger partial charge in [0.25, 0.3) is 0 Å². The highest BCUT2D eigenvalue weighted by Crippen LogP contribution is 2.21. The Morgan fingerprint density at radius 1 is 1.12 bits per heavy atom. The van der Waals surface area contributed by atoms with Gasteiger partial charge in [-0.05, 0) is 36.1 Å². The molecule has 7 heteroatoms. The van der Waals surface area contributed by atoms with Gasteiger partial charge < -0.3 is 9.55 Å². The summed E-state index contributed by atoms with van der Waals surface area (Å²) in [7, 11) is 0. The lowest BCUT2D eigenvalue weighted by Gasteiger charge is -2.15. The smallest absolute Gasteiger partial charge is 0.212 e. The monoisotopic (exact) mass is 336 g/mol. The molecule has 0 saturated carbocycles. The second-order valence-electron chi connectivity index (χ2n) is 6.15. The van der Waals surface area contributed by atoms with E-state index in [-0.39, 0.29) is 0 Å². The maximum Gasteiger partial charge on any atom is 0.212 e. The number of hydrogen-bond acceptors (Lipinski definition) is 4. The number of halogens is 1. The SMILES string of the molecule is CC(Cc1ccnc2[nH]cnc12)Cn1ccnc1-c1ccc(F)nc1. The first kappa shape index (κ1) is 15.4. The van der Waals surface area contributed by atoms with Crippen LogP contribution in [0.3, 0.4) is 0 Å². The number of nitrogens with one attached hydrogen (secondary N) is 1. The highest BCUT2D eigenvalue weighted by Gasteiger charge is 2.13. The van der Waals surface area contributed by atoms with Crippen LogP contribution in [0.25, 0.3) is 22.6 Å². The molecule has 0 saturated heterocycles. The molecule has 4 aromatic heterocycles. The van der Waals surface area contributed by atoms with Gasteiger partial charge in [-0.25, -0.2) is 19.9 Å². The van der Waals surface area contributed by atoms with Gasteiger partial charge in [-0.15, -0.1) is 0 Å². The van der Waals surface area contributed by atoms with Crippen molar-refractivity contribution in [1.29, 1.82) is 0 Å². The Bertz CT molecular complexity index is 988. The minimum absolute atomic E-state index is 0.364. The minimum Gasteiger partial charge on any atom is -0.331 e. The normalized spacial score (nSPS) is 12.6. The summed E-state index contributed by atoms with van der Waals surface area (Å²) in [4.78, 5) is 19.8. The van der Waals surface area contributed by atoms with Crippen LogP contribution >= 0.6 is 0 Å². The first-order valence-electron chi connectivity index (χ1n) is 8.11. The fourth-order valence-corrected chi connectivity index (χ4v) is 3.07. The number of nitrogens with zero attached hydrogens (tertiary/aromatic N) is 5. The third-order valence-electron chi connectivity index (χ3n) is 4.18. The number of rotatable bonds is 5. The van der Waals surface area contributed by atoms with Crippen molar-refractivity contribution in [3.63, 3.8) is 0 Å². The van der Waals surface area contributed by atoms with Crippen LogP contribution in [-0.4, -0.2) is 29.5 Å².